The summed E-state index contributed by atoms with van der Waals surface area (Å²) in [5.74, 6) is 0. The molecule has 1 atom stereocenters. The molecule has 0 aromatic carbocycles. The van der Waals surface area contributed by atoms with E-state index in [2.05, 4.69) is 9.34 Å². The minimum Gasteiger partial charge on any atom is -0.379 e. The van der Waals surface area contributed by atoms with Crippen LogP contribution in [0.3, 0.4) is 0 Å². The molecule has 94 valence electrons. The predicted molar refractivity (Wildman–Crippen MR) is 65.8 cm³/mol. The Bertz CT molecular complexity index is 227. The Morgan fingerprint density at radius 1 is 0.938 bits per heavy atom. The molecular weight excluding hydrogens is 247 g/mol. The van der Waals surface area contributed by atoms with Gasteiger partial charge in [-0.2, -0.15) is 0 Å². The smallest absolute Gasteiger partial charge is 0.136 e. The third-order valence-electron chi connectivity index (χ3n) is 2.69. The molecule has 0 aliphatic carbocycles. The van der Waals surface area contributed by atoms with Crippen molar-refractivity contribution < 1.29 is 13.7 Å². The Morgan fingerprint density at radius 2 is 1.31 bits per heavy atom. The molecule has 0 radical (unpaired) electrons. The Balaban J connectivity index is 1.99. The van der Waals surface area contributed by atoms with Gasteiger partial charge < -0.3 is 9.47 Å². The van der Waals surface area contributed by atoms with E-state index in [1.54, 1.807) is 0 Å². The number of hydrogen-bond acceptors (Lipinski definition) is 5. The molecule has 2 heterocycles. The minimum absolute atomic E-state index is 0.677. The quantitative estimate of drug-likeness (QED) is 0.685. The van der Waals surface area contributed by atoms with Gasteiger partial charge in [-0.15, -0.1) is 0 Å². The zero-order valence-corrected chi connectivity index (χ0v) is 11.3. The molecule has 5 nitrogen and oxygen atoms in total. The van der Waals surface area contributed by atoms with Crippen molar-refractivity contribution in [3.8, 4) is 0 Å². The van der Waals surface area contributed by atoms with Crippen molar-refractivity contribution in [2.24, 2.45) is 0 Å². The van der Waals surface area contributed by atoms with Gasteiger partial charge in [-0.3, -0.25) is 13.5 Å². The fourth-order valence-electron chi connectivity index (χ4n) is 1.95. The van der Waals surface area contributed by atoms with E-state index in [-0.39, 0.29) is 0 Å². The summed E-state index contributed by atoms with van der Waals surface area (Å²) in [6.45, 7) is 6.68. The molecule has 0 spiro atoms. The van der Waals surface area contributed by atoms with Gasteiger partial charge in [-0.1, -0.05) is 0 Å². The molecule has 0 N–H and O–H groups in total. The van der Waals surface area contributed by atoms with Crippen molar-refractivity contribution in [2.45, 2.75) is 0 Å². The van der Waals surface area contributed by atoms with Crippen molar-refractivity contribution in [2.75, 3.05) is 58.9 Å². The first-order chi connectivity index (χ1) is 7.79. The van der Waals surface area contributed by atoms with Gasteiger partial charge in [0.1, 0.15) is 7.42 Å². The van der Waals surface area contributed by atoms with Gasteiger partial charge in [-0.05, 0) is 0 Å². The van der Waals surface area contributed by atoms with Gasteiger partial charge in [0.25, 0.3) is 0 Å². The van der Waals surface area contributed by atoms with E-state index in [9.17, 15) is 4.21 Å². The predicted octanol–water partition coefficient (Wildman–Crippen LogP) is 0.256. The van der Waals surface area contributed by atoms with Crippen LogP contribution in [0.5, 0.6) is 0 Å². The van der Waals surface area contributed by atoms with Crippen LogP contribution in [-0.2, 0) is 19.9 Å². The summed E-state index contributed by atoms with van der Waals surface area (Å²) >= 11 is 0. The SMILES string of the molecule is CS(=O)P(N1CCOCC1)N1CCOCC1. The van der Waals surface area contributed by atoms with E-state index in [4.69, 9.17) is 9.47 Å². The highest BCUT2D eigenvalue weighted by molar-refractivity contribution is 8.44. The lowest BCUT2D eigenvalue weighted by Gasteiger charge is -2.40. The van der Waals surface area contributed by atoms with Crippen molar-refractivity contribution in [3.05, 3.63) is 0 Å². The molecule has 16 heavy (non-hydrogen) atoms. The average Bonchev–Trinajstić information content (AvgIpc) is 2.31. The Hall–Kier alpha value is 0.420. The first kappa shape index (κ1) is 12.9. The van der Waals surface area contributed by atoms with Gasteiger partial charge in [-0.25, -0.2) is 0 Å². The maximum Gasteiger partial charge on any atom is 0.136 e. The molecular formula is C9H19N2O3PS. The van der Waals surface area contributed by atoms with E-state index in [0.29, 0.717) is 0 Å². The van der Waals surface area contributed by atoms with E-state index >= 15 is 0 Å². The largest absolute Gasteiger partial charge is 0.379 e. The minimum atomic E-state index is -0.793. The van der Waals surface area contributed by atoms with Crippen LogP contribution in [0, 0.1) is 0 Å². The van der Waals surface area contributed by atoms with E-state index in [1.807, 2.05) is 6.26 Å². The lowest BCUT2D eigenvalue weighted by molar-refractivity contribution is 0.0601. The van der Waals surface area contributed by atoms with Crippen molar-refractivity contribution in [1.82, 2.24) is 9.34 Å². The Kier molecular flexibility index (Phi) is 5.13. The maximum atomic E-state index is 11.9. The number of morpholine rings is 2. The highest BCUT2D eigenvalue weighted by Gasteiger charge is 2.31. The van der Waals surface area contributed by atoms with E-state index in [1.165, 1.54) is 0 Å². The van der Waals surface area contributed by atoms with E-state index < -0.39 is 17.8 Å². The Labute approximate surface area is 100 Å². The second-order valence-corrected chi connectivity index (χ2v) is 8.82. The van der Waals surface area contributed by atoms with Gasteiger partial charge in [0.2, 0.25) is 0 Å². The molecule has 2 fully saturated rings. The fourth-order valence-corrected chi connectivity index (χ4v) is 6.90. The first-order valence-electron chi connectivity index (χ1n) is 5.58. The van der Waals surface area contributed by atoms with Crippen LogP contribution in [0.1, 0.15) is 0 Å². The first-order valence-corrected chi connectivity index (χ1v) is 8.99. The van der Waals surface area contributed by atoms with Gasteiger partial charge in [0.15, 0.2) is 0 Å². The molecule has 2 rings (SSSR count). The summed E-state index contributed by atoms with van der Waals surface area (Å²) < 4.78 is 27.3. The molecule has 0 aromatic rings. The molecule has 1 unspecified atom stereocenters. The van der Waals surface area contributed by atoms with Crippen molar-refractivity contribution in [1.29, 1.82) is 0 Å². The topological polar surface area (TPSA) is 42.0 Å². The van der Waals surface area contributed by atoms with Gasteiger partial charge in [0.05, 0.1) is 36.8 Å². The zero-order chi connectivity index (χ0) is 11.4. The normalized spacial score (nSPS) is 27.1. The monoisotopic (exact) mass is 266 g/mol. The molecule has 2 saturated heterocycles. The second-order valence-electron chi connectivity index (χ2n) is 3.81. The van der Waals surface area contributed by atoms with Crippen LogP contribution in [-0.4, -0.2) is 72.4 Å². The van der Waals surface area contributed by atoms with Crippen LogP contribution >= 0.6 is 7.42 Å². The molecule has 0 saturated carbocycles. The average molecular weight is 266 g/mol. The molecule has 2 aliphatic rings. The molecule has 0 amide bonds. The van der Waals surface area contributed by atoms with Gasteiger partial charge in [0, 0.05) is 32.4 Å². The highest BCUT2D eigenvalue weighted by Crippen LogP contribution is 2.47. The van der Waals surface area contributed by atoms with Crippen LogP contribution in [0.15, 0.2) is 0 Å². The van der Waals surface area contributed by atoms with Crippen molar-refractivity contribution >= 4 is 17.8 Å². The number of rotatable bonds is 3. The summed E-state index contributed by atoms with van der Waals surface area (Å²) in [6, 6.07) is 0. The molecule has 0 aromatic heterocycles. The molecule has 7 heteroatoms. The van der Waals surface area contributed by atoms with Crippen molar-refractivity contribution in [3.63, 3.8) is 0 Å². The highest BCUT2D eigenvalue weighted by atomic mass is 32.7. The van der Waals surface area contributed by atoms with Gasteiger partial charge >= 0.3 is 0 Å². The molecule has 0 bridgehead atoms. The summed E-state index contributed by atoms with van der Waals surface area (Å²) in [5.41, 5.74) is 0. The number of hydrogen-bond donors (Lipinski definition) is 0. The number of ether oxygens (including phenoxy) is 2. The third-order valence-corrected chi connectivity index (χ3v) is 7.68. The summed E-state index contributed by atoms with van der Waals surface area (Å²) in [7, 11) is -1.47. The lowest BCUT2D eigenvalue weighted by atomic mass is 10.5. The lowest BCUT2D eigenvalue weighted by Crippen LogP contribution is -2.41. The van der Waals surface area contributed by atoms with E-state index in [0.717, 1.165) is 52.6 Å². The maximum absolute atomic E-state index is 11.9. The second kappa shape index (κ2) is 6.38. The fraction of sp³-hybridized carbons (Fsp3) is 1.00. The summed E-state index contributed by atoms with van der Waals surface area (Å²) in [5, 5.41) is 0. The van der Waals surface area contributed by atoms with Crippen LogP contribution in [0.25, 0.3) is 0 Å². The van der Waals surface area contributed by atoms with Crippen LogP contribution < -0.4 is 0 Å². The van der Waals surface area contributed by atoms with Crippen LogP contribution in [0.4, 0.5) is 0 Å². The zero-order valence-electron chi connectivity index (χ0n) is 9.63. The standard InChI is InChI=1S/C9H19N2O3PS/c1-16(12)15(10-2-6-13-7-3-10)11-4-8-14-9-5-11/h2-9H2,1H3. The number of nitrogens with zero attached hydrogens (tertiary/aromatic N) is 2. The molecule has 2 aliphatic heterocycles. The summed E-state index contributed by atoms with van der Waals surface area (Å²) in [4.78, 5) is 0. The third kappa shape index (κ3) is 3.22. The Morgan fingerprint density at radius 3 is 1.62 bits per heavy atom. The summed E-state index contributed by atoms with van der Waals surface area (Å²) in [6.07, 6.45) is 1.82. The van der Waals surface area contributed by atoms with Crippen LogP contribution in [0.2, 0.25) is 0 Å².